The van der Waals surface area contributed by atoms with Crippen molar-refractivity contribution in [2.24, 2.45) is 5.10 Å². The lowest BCUT2D eigenvalue weighted by Gasteiger charge is -2.20. The smallest absolute Gasteiger partial charge is 0.435 e. The molecule has 0 saturated carbocycles. The molecule has 2 aromatic rings. The van der Waals surface area contributed by atoms with Gasteiger partial charge in [-0.1, -0.05) is 24.3 Å². The fourth-order valence-corrected chi connectivity index (χ4v) is 2.23. The number of ether oxygens (including phenoxy) is 1. The molecule has 1 aliphatic rings. The first-order valence-electron chi connectivity index (χ1n) is 6.51. The lowest BCUT2D eigenvalue weighted by molar-refractivity contribution is 0.167. The second kappa shape index (κ2) is 5.36. The van der Waals surface area contributed by atoms with Gasteiger partial charge in [0.15, 0.2) is 0 Å². The number of nitrogens with zero attached hydrogens (tertiary/aromatic N) is 2. The fraction of sp³-hybridized carbons (Fsp3) is 0.125. The van der Waals surface area contributed by atoms with Crippen molar-refractivity contribution in [2.75, 3.05) is 11.6 Å². The molecule has 0 atom stereocenters. The molecule has 0 aliphatic carbocycles. The highest BCUT2D eigenvalue weighted by Gasteiger charge is 2.20. The molecule has 2 aromatic carbocycles. The predicted molar refractivity (Wildman–Crippen MR) is 78.9 cm³/mol. The van der Waals surface area contributed by atoms with Gasteiger partial charge in [-0.3, -0.25) is 0 Å². The fourth-order valence-electron chi connectivity index (χ4n) is 2.23. The van der Waals surface area contributed by atoms with Gasteiger partial charge in [0.2, 0.25) is 0 Å². The van der Waals surface area contributed by atoms with Crippen LogP contribution < -0.4 is 5.01 Å². The minimum atomic E-state index is -0.611. The van der Waals surface area contributed by atoms with Crippen LogP contribution in [0, 0.1) is 12.7 Å². The van der Waals surface area contributed by atoms with E-state index in [9.17, 15) is 9.18 Å². The van der Waals surface area contributed by atoms with Gasteiger partial charge in [-0.2, -0.15) is 10.1 Å². The van der Waals surface area contributed by atoms with E-state index < -0.39 is 11.9 Å². The van der Waals surface area contributed by atoms with Crippen LogP contribution in [0.3, 0.4) is 0 Å². The topological polar surface area (TPSA) is 41.9 Å². The Kier molecular flexibility index (Phi) is 3.39. The van der Waals surface area contributed by atoms with Crippen molar-refractivity contribution in [2.45, 2.75) is 6.92 Å². The van der Waals surface area contributed by atoms with E-state index in [1.807, 2.05) is 31.2 Å². The summed E-state index contributed by atoms with van der Waals surface area (Å²) in [6.45, 7) is 2.06. The third-order valence-corrected chi connectivity index (χ3v) is 3.28. The third kappa shape index (κ3) is 2.50. The second-order valence-corrected chi connectivity index (χ2v) is 4.67. The number of aryl methyl sites for hydroxylation is 1. The number of carbonyl (C=O) groups excluding carboxylic acids is 1. The molecule has 0 aromatic heterocycles. The number of carbonyl (C=O) groups is 1. The Balaban J connectivity index is 2.01. The lowest BCUT2D eigenvalue weighted by Crippen LogP contribution is -2.31. The number of amides is 1. The van der Waals surface area contributed by atoms with Crippen molar-refractivity contribution < 1.29 is 13.9 Å². The number of hydrazone groups is 1. The number of halogens is 1. The van der Waals surface area contributed by atoms with E-state index in [0.29, 0.717) is 11.3 Å². The van der Waals surface area contributed by atoms with Gasteiger partial charge in [0.05, 0.1) is 11.9 Å². The highest BCUT2D eigenvalue weighted by Crippen LogP contribution is 2.29. The number of anilines is 1. The Morgan fingerprint density at radius 1 is 1.19 bits per heavy atom. The molecule has 0 fully saturated rings. The zero-order valence-corrected chi connectivity index (χ0v) is 11.4. The quantitative estimate of drug-likeness (QED) is 0.843. The minimum Gasteiger partial charge on any atom is -0.442 e. The van der Waals surface area contributed by atoms with Gasteiger partial charge in [0.1, 0.15) is 12.4 Å². The molecule has 21 heavy (non-hydrogen) atoms. The zero-order valence-electron chi connectivity index (χ0n) is 11.4. The van der Waals surface area contributed by atoms with Gasteiger partial charge in [-0.25, -0.2) is 9.18 Å². The standard InChI is InChI=1S/C16H13FN2O2/c1-11-4-2-3-5-13(11)14-7-6-12(10-15(14)17)19-16(20)21-9-8-18-19/h2-8,10H,9H2,1H3. The predicted octanol–water partition coefficient (Wildman–Crippen LogP) is 3.74. The molecule has 0 N–H and O–H groups in total. The van der Waals surface area contributed by atoms with E-state index in [1.165, 1.54) is 12.3 Å². The first-order valence-corrected chi connectivity index (χ1v) is 6.51. The van der Waals surface area contributed by atoms with Crippen LogP contribution in [0.5, 0.6) is 0 Å². The van der Waals surface area contributed by atoms with Crippen molar-refractivity contribution >= 4 is 18.0 Å². The number of benzene rings is 2. The van der Waals surface area contributed by atoms with E-state index in [-0.39, 0.29) is 6.61 Å². The van der Waals surface area contributed by atoms with Crippen LogP contribution >= 0.6 is 0 Å². The van der Waals surface area contributed by atoms with E-state index in [0.717, 1.165) is 16.1 Å². The first kappa shape index (κ1) is 13.3. The minimum absolute atomic E-state index is 0.138. The number of hydrogen-bond acceptors (Lipinski definition) is 3. The summed E-state index contributed by atoms with van der Waals surface area (Å²) in [5.41, 5.74) is 2.64. The summed E-state index contributed by atoms with van der Waals surface area (Å²) >= 11 is 0. The summed E-state index contributed by atoms with van der Waals surface area (Å²) in [5.74, 6) is -0.407. The van der Waals surface area contributed by atoms with Gasteiger partial charge in [0, 0.05) is 11.6 Å². The van der Waals surface area contributed by atoms with Gasteiger partial charge >= 0.3 is 6.09 Å². The molecular formula is C16H13FN2O2. The Morgan fingerprint density at radius 2 is 2.00 bits per heavy atom. The molecule has 1 aliphatic heterocycles. The number of rotatable bonds is 2. The summed E-state index contributed by atoms with van der Waals surface area (Å²) in [6, 6.07) is 12.1. The zero-order chi connectivity index (χ0) is 14.8. The van der Waals surface area contributed by atoms with Crippen LogP contribution in [0.4, 0.5) is 14.9 Å². The van der Waals surface area contributed by atoms with Crippen LogP contribution in [0.25, 0.3) is 11.1 Å². The number of hydrogen-bond donors (Lipinski definition) is 0. The molecule has 0 unspecified atom stereocenters. The van der Waals surface area contributed by atoms with Crippen LogP contribution in [0.1, 0.15) is 5.56 Å². The van der Waals surface area contributed by atoms with E-state index in [4.69, 9.17) is 4.74 Å². The average Bonchev–Trinajstić information content (AvgIpc) is 2.49. The highest BCUT2D eigenvalue weighted by molar-refractivity contribution is 5.91. The molecule has 1 amide bonds. The molecule has 3 rings (SSSR count). The van der Waals surface area contributed by atoms with Crippen molar-refractivity contribution in [3.8, 4) is 11.1 Å². The van der Waals surface area contributed by atoms with Gasteiger partial charge in [0.25, 0.3) is 0 Å². The maximum atomic E-state index is 14.4. The van der Waals surface area contributed by atoms with E-state index in [2.05, 4.69) is 5.10 Å². The first-order chi connectivity index (χ1) is 10.2. The summed E-state index contributed by atoms with van der Waals surface area (Å²) in [6.07, 6.45) is 0.842. The van der Waals surface area contributed by atoms with Crippen LogP contribution in [-0.4, -0.2) is 18.9 Å². The van der Waals surface area contributed by atoms with Crippen LogP contribution in [0.2, 0.25) is 0 Å². The van der Waals surface area contributed by atoms with Crippen molar-refractivity contribution in [3.63, 3.8) is 0 Å². The van der Waals surface area contributed by atoms with Crippen molar-refractivity contribution in [3.05, 3.63) is 53.8 Å². The Labute approximate surface area is 121 Å². The van der Waals surface area contributed by atoms with Crippen molar-refractivity contribution in [1.82, 2.24) is 0 Å². The largest absolute Gasteiger partial charge is 0.442 e. The van der Waals surface area contributed by atoms with Gasteiger partial charge < -0.3 is 4.74 Å². The second-order valence-electron chi connectivity index (χ2n) is 4.67. The third-order valence-electron chi connectivity index (χ3n) is 3.28. The summed E-state index contributed by atoms with van der Waals surface area (Å²) in [4.78, 5) is 11.6. The Morgan fingerprint density at radius 3 is 2.71 bits per heavy atom. The van der Waals surface area contributed by atoms with Gasteiger partial charge in [-0.05, 0) is 30.2 Å². The van der Waals surface area contributed by atoms with Crippen LogP contribution in [0.15, 0.2) is 47.6 Å². The molecule has 106 valence electrons. The monoisotopic (exact) mass is 284 g/mol. The van der Waals surface area contributed by atoms with E-state index in [1.54, 1.807) is 12.1 Å². The molecular weight excluding hydrogens is 271 g/mol. The summed E-state index contributed by atoms with van der Waals surface area (Å²) in [7, 11) is 0. The van der Waals surface area contributed by atoms with E-state index >= 15 is 0 Å². The number of cyclic esters (lactones) is 1. The SMILES string of the molecule is Cc1ccccc1-c1ccc(N2N=CCOC2=O)cc1F. The van der Waals surface area contributed by atoms with Crippen LogP contribution in [-0.2, 0) is 4.74 Å². The maximum Gasteiger partial charge on any atom is 0.435 e. The molecule has 4 nitrogen and oxygen atoms in total. The molecule has 0 spiro atoms. The summed E-state index contributed by atoms with van der Waals surface area (Å²) < 4.78 is 19.2. The average molecular weight is 284 g/mol. The lowest BCUT2D eigenvalue weighted by atomic mass is 10.00. The molecule has 0 bridgehead atoms. The summed E-state index contributed by atoms with van der Waals surface area (Å²) in [5, 5.41) is 4.94. The van der Waals surface area contributed by atoms with Crippen molar-refractivity contribution in [1.29, 1.82) is 0 Å². The highest BCUT2D eigenvalue weighted by atomic mass is 19.1. The van der Waals surface area contributed by atoms with Gasteiger partial charge in [-0.15, -0.1) is 0 Å². The molecule has 1 heterocycles. The molecule has 0 radical (unpaired) electrons. The molecule has 0 saturated heterocycles. The Bertz CT molecular complexity index is 728. The maximum absolute atomic E-state index is 14.4. The Hall–Kier alpha value is -2.69. The normalized spacial score (nSPS) is 14.2. The molecule has 5 heteroatoms.